The van der Waals surface area contributed by atoms with E-state index in [0.717, 1.165) is 17.8 Å². The van der Waals surface area contributed by atoms with Crippen molar-refractivity contribution < 1.29 is 0 Å². The summed E-state index contributed by atoms with van der Waals surface area (Å²) in [6, 6.07) is 0. The summed E-state index contributed by atoms with van der Waals surface area (Å²) in [4.78, 5) is 0. The molecule has 62 valence electrons. The van der Waals surface area contributed by atoms with Gasteiger partial charge in [-0.05, 0) is 49.0 Å². The van der Waals surface area contributed by atoms with E-state index in [1.165, 1.54) is 25.9 Å². The normalized spacial score (nSPS) is 60.3. The number of nitrogens with one attached hydrogen (secondary N) is 1. The zero-order chi connectivity index (χ0) is 7.47. The van der Waals surface area contributed by atoms with Crippen LogP contribution >= 0.6 is 0 Å². The van der Waals surface area contributed by atoms with Crippen LogP contribution in [-0.2, 0) is 0 Å². The SMILES string of the molecule is C[C@]12CNC[C@H]1[C@H]1CC[C@@H]2C1. The quantitative estimate of drug-likeness (QED) is 0.555. The van der Waals surface area contributed by atoms with Gasteiger partial charge in [0.2, 0.25) is 0 Å². The fourth-order valence-corrected chi connectivity index (χ4v) is 3.99. The molecule has 0 radical (unpaired) electrons. The van der Waals surface area contributed by atoms with Crippen LogP contribution in [0.25, 0.3) is 0 Å². The van der Waals surface area contributed by atoms with Gasteiger partial charge in [0.25, 0.3) is 0 Å². The van der Waals surface area contributed by atoms with Crippen LogP contribution in [0.15, 0.2) is 0 Å². The fraction of sp³-hybridized carbons (Fsp3) is 1.00. The minimum atomic E-state index is 0.711. The van der Waals surface area contributed by atoms with Gasteiger partial charge in [-0.3, -0.25) is 0 Å². The van der Waals surface area contributed by atoms with E-state index in [-0.39, 0.29) is 0 Å². The summed E-state index contributed by atoms with van der Waals surface area (Å²) in [6.07, 6.45) is 4.62. The summed E-state index contributed by atoms with van der Waals surface area (Å²) in [7, 11) is 0. The van der Waals surface area contributed by atoms with Gasteiger partial charge >= 0.3 is 0 Å². The largest absolute Gasteiger partial charge is 0.316 e. The maximum absolute atomic E-state index is 3.57. The molecule has 0 aromatic rings. The molecule has 1 saturated heterocycles. The lowest BCUT2D eigenvalue weighted by Gasteiger charge is -2.34. The molecule has 0 unspecified atom stereocenters. The van der Waals surface area contributed by atoms with Gasteiger partial charge < -0.3 is 5.32 Å². The van der Waals surface area contributed by atoms with Crippen molar-refractivity contribution in [1.29, 1.82) is 0 Å². The first-order valence-electron chi connectivity index (χ1n) is 5.01. The third kappa shape index (κ3) is 0.618. The molecule has 1 heterocycles. The Hall–Kier alpha value is -0.0400. The van der Waals surface area contributed by atoms with Crippen molar-refractivity contribution in [2.45, 2.75) is 26.2 Å². The average Bonchev–Trinajstić information content (AvgIpc) is 2.54. The van der Waals surface area contributed by atoms with Crippen molar-refractivity contribution >= 4 is 0 Å². The Morgan fingerprint density at radius 2 is 2.27 bits per heavy atom. The molecule has 4 atom stereocenters. The molecular formula is C10H17N. The smallest absolute Gasteiger partial charge is 0.00112 e. The Balaban J connectivity index is 2.00. The zero-order valence-corrected chi connectivity index (χ0v) is 7.27. The number of hydrogen-bond acceptors (Lipinski definition) is 1. The molecule has 3 aliphatic rings. The van der Waals surface area contributed by atoms with Crippen LogP contribution in [0, 0.1) is 23.2 Å². The van der Waals surface area contributed by atoms with E-state index in [1.54, 1.807) is 6.42 Å². The van der Waals surface area contributed by atoms with Gasteiger partial charge in [0.05, 0.1) is 0 Å². The first-order chi connectivity index (χ1) is 5.31. The molecule has 2 saturated carbocycles. The number of rotatable bonds is 0. The van der Waals surface area contributed by atoms with Crippen LogP contribution in [-0.4, -0.2) is 13.1 Å². The van der Waals surface area contributed by atoms with Gasteiger partial charge in [-0.1, -0.05) is 6.92 Å². The van der Waals surface area contributed by atoms with Crippen LogP contribution in [0.5, 0.6) is 0 Å². The summed E-state index contributed by atoms with van der Waals surface area (Å²) in [5.41, 5.74) is 0.711. The van der Waals surface area contributed by atoms with E-state index in [9.17, 15) is 0 Å². The van der Waals surface area contributed by atoms with Crippen molar-refractivity contribution in [3.8, 4) is 0 Å². The second kappa shape index (κ2) is 1.82. The third-order valence-corrected chi connectivity index (χ3v) is 4.69. The molecule has 0 amide bonds. The van der Waals surface area contributed by atoms with Crippen molar-refractivity contribution in [1.82, 2.24) is 5.32 Å². The molecule has 2 aliphatic carbocycles. The van der Waals surface area contributed by atoms with Crippen LogP contribution in [0.2, 0.25) is 0 Å². The summed E-state index contributed by atoms with van der Waals surface area (Å²) in [5, 5.41) is 3.57. The molecule has 1 N–H and O–H groups in total. The van der Waals surface area contributed by atoms with Crippen LogP contribution in [0.4, 0.5) is 0 Å². The highest BCUT2D eigenvalue weighted by Crippen LogP contribution is 2.60. The first-order valence-corrected chi connectivity index (χ1v) is 5.01. The van der Waals surface area contributed by atoms with E-state index < -0.39 is 0 Å². The Bertz CT molecular complexity index is 189. The van der Waals surface area contributed by atoms with E-state index in [2.05, 4.69) is 12.2 Å². The Labute approximate surface area is 68.6 Å². The number of fused-ring (bicyclic) bond motifs is 5. The van der Waals surface area contributed by atoms with Crippen molar-refractivity contribution in [3.05, 3.63) is 0 Å². The number of hydrogen-bond donors (Lipinski definition) is 1. The van der Waals surface area contributed by atoms with Gasteiger partial charge in [-0.25, -0.2) is 0 Å². The second-order valence-electron chi connectivity index (χ2n) is 5.01. The van der Waals surface area contributed by atoms with Crippen LogP contribution < -0.4 is 5.32 Å². The standard InChI is InChI=1S/C10H17N/c1-10-6-11-5-9(10)7-2-3-8(10)4-7/h7-9,11H,2-6H2,1H3/t7-,8+,9-,10+/m0/s1. The van der Waals surface area contributed by atoms with E-state index in [4.69, 9.17) is 0 Å². The predicted molar refractivity (Wildman–Crippen MR) is 45.3 cm³/mol. The van der Waals surface area contributed by atoms with Gasteiger partial charge in [-0.2, -0.15) is 0 Å². The molecule has 3 rings (SSSR count). The van der Waals surface area contributed by atoms with Crippen molar-refractivity contribution in [2.24, 2.45) is 23.2 Å². The fourth-order valence-electron chi connectivity index (χ4n) is 3.99. The lowest BCUT2D eigenvalue weighted by molar-refractivity contribution is 0.156. The van der Waals surface area contributed by atoms with Gasteiger partial charge in [0.1, 0.15) is 0 Å². The Kier molecular flexibility index (Phi) is 1.07. The summed E-state index contributed by atoms with van der Waals surface area (Å²) < 4.78 is 0. The minimum absolute atomic E-state index is 0.711. The van der Waals surface area contributed by atoms with Crippen LogP contribution in [0.1, 0.15) is 26.2 Å². The van der Waals surface area contributed by atoms with E-state index >= 15 is 0 Å². The van der Waals surface area contributed by atoms with Gasteiger partial charge in [0, 0.05) is 6.54 Å². The van der Waals surface area contributed by atoms with E-state index in [1.807, 2.05) is 0 Å². The first kappa shape index (κ1) is 6.47. The Morgan fingerprint density at radius 3 is 3.09 bits per heavy atom. The van der Waals surface area contributed by atoms with Gasteiger partial charge in [0.15, 0.2) is 0 Å². The summed E-state index contributed by atoms with van der Waals surface area (Å²) in [5.74, 6) is 3.22. The summed E-state index contributed by atoms with van der Waals surface area (Å²) in [6.45, 7) is 5.14. The monoisotopic (exact) mass is 151 g/mol. The average molecular weight is 151 g/mol. The highest BCUT2D eigenvalue weighted by molar-refractivity contribution is 5.08. The maximum Gasteiger partial charge on any atom is 0.00112 e. The van der Waals surface area contributed by atoms with Crippen molar-refractivity contribution in [2.75, 3.05) is 13.1 Å². The lowest BCUT2D eigenvalue weighted by atomic mass is 9.70. The van der Waals surface area contributed by atoms with Crippen molar-refractivity contribution in [3.63, 3.8) is 0 Å². The molecule has 0 aromatic heterocycles. The second-order valence-corrected chi connectivity index (χ2v) is 5.01. The van der Waals surface area contributed by atoms with Gasteiger partial charge in [-0.15, -0.1) is 0 Å². The molecular weight excluding hydrogens is 134 g/mol. The predicted octanol–water partition coefficient (Wildman–Crippen LogP) is 1.64. The molecule has 11 heavy (non-hydrogen) atoms. The highest BCUT2D eigenvalue weighted by atomic mass is 15.0. The zero-order valence-electron chi connectivity index (χ0n) is 7.27. The molecule has 2 bridgehead atoms. The minimum Gasteiger partial charge on any atom is -0.316 e. The molecule has 1 heteroatoms. The Morgan fingerprint density at radius 1 is 1.36 bits per heavy atom. The molecule has 1 nitrogen and oxygen atoms in total. The molecule has 0 aromatic carbocycles. The molecule has 1 aliphatic heterocycles. The van der Waals surface area contributed by atoms with Crippen LogP contribution in [0.3, 0.4) is 0 Å². The maximum atomic E-state index is 3.57. The topological polar surface area (TPSA) is 12.0 Å². The molecule has 3 fully saturated rings. The molecule has 0 spiro atoms. The lowest BCUT2D eigenvalue weighted by Crippen LogP contribution is -2.32. The summed E-state index contributed by atoms with van der Waals surface area (Å²) >= 11 is 0. The van der Waals surface area contributed by atoms with E-state index in [0.29, 0.717) is 5.41 Å². The highest BCUT2D eigenvalue weighted by Gasteiger charge is 2.56. The third-order valence-electron chi connectivity index (χ3n) is 4.69.